The molecule has 0 aliphatic carbocycles. The Morgan fingerprint density at radius 2 is 2.00 bits per heavy atom. The molecule has 1 aromatic rings. The smallest absolute Gasteiger partial charge is 0.253 e. The Bertz CT molecular complexity index is 596. The second-order valence-corrected chi connectivity index (χ2v) is 6.43. The number of benzene rings is 1. The molecular formula is C14H21N3O3S. The molecule has 1 amide bonds. The Morgan fingerprint density at radius 1 is 1.43 bits per heavy atom. The third-order valence-corrected chi connectivity index (χ3v) is 4.59. The minimum atomic E-state index is -3.57. The highest BCUT2D eigenvalue weighted by atomic mass is 32.2. The molecule has 0 saturated carbocycles. The average Bonchev–Trinajstić information content (AvgIpc) is 2.50. The third kappa shape index (κ3) is 4.38. The van der Waals surface area contributed by atoms with Crippen molar-refractivity contribution in [3.05, 3.63) is 42.5 Å². The molecule has 0 fully saturated rings. The SMILES string of the molecule is C=CCNS(=O)(=O)c1ccc(C(=O)N(C)C(C)CN)cc1. The predicted molar refractivity (Wildman–Crippen MR) is 82.4 cm³/mol. The molecule has 0 heterocycles. The van der Waals surface area contributed by atoms with Gasteiger partial charge in [0.05, 0.1) is 4.90 Å². The molecule has 1 atom stereocenters. The van der Waals surface area contributed by atoms with Crippen molar-refractivity contribution in [1.29, 1.82) is 0 Å². The largest absolute Gasteiger partial charge is 0.338 e. The molecule has 0 radical (unpaired) electrons. The quantitative estimate of drug-likeness (QED) is 0.720. The first-order valence-electron chi connectivity index (χ1n) is 6.51. The summed E-state index contributed by atoms with van der Waals surface area (Å²) in [6, 6.07) is 5.70. The van der Waals surface area contributed by atoms with Gasteiger partial charge in [0.1, 0.15) is 0 Å². The summed E-state index contributed by atoms with van der Waals surface area (Å²) in [6.45, 7) is 5.81. The highest BCUT2D eigenvalue weighted by molar-refractivity contribution is 7.89. The summed E-state index contributed by atoms with van der Waals surface area (Å²) in [5.74, 6) is -0.198. The van der Waals surface area contributed by atoms with E-state index in [-0.39, 0.29) is 23.4 Å². The minimum Gasteiger partial charge on any atom is -0.338 e. The first kappa shape index (κ1) is 17.4. The van der Waals surface area contributed by atoms with Crippen LogP contribution < -0.4 is 10.5 Å². The Kier molecular flexibility index (Phi) is 6.07. The number of nitrogens with zero attached hydrogens (tertiary/aromatic N) is 1. The maximum Gasteiger partial charge on any atom is 0.253 e. The second-order valence-electron chi connectivity index (χ2n) is 4.67. The van der Waals surface area contributed by atoms with Crippen LogP contribution in [-0.4, -0.2) is 45.4 Å². The molecule has 116 valence electrons. The van der Waals surface area contributed by atoms with Crippen LogP contribution in [0.25, 0.3) is 0 Å². The molecule has 1 rings (SSSR count). The molecule has 0 spiro atoms. The van der Waals surface area contributed by atoms with Crippen LogP contribution in [0.5, 0.6) is 0 Å². The number of amides is 1. The van der Waals surface area contributed by atoms with Crippen molar-refractivity contribution >= 4 is 15.9 Å². The Labute approximate surface area is 125 Å². The standard InChI is InChI=1S/C14H21N3O3S/c1-4-9-16-21(19,20)13-7-5-12(6-8-13)14(18)17(3)11(2)10-15/h4-8,11,16H,1,9-10,15H2,2-3H3. The maximum atomic E-state index is 12.2. The van der Waals surface area contributed by atoms with Crippen LogP contribution in [-0.2, 0) is 10.0 Å². The van der Waals surface area contributed by atoms with Crippen LogP contribution in [0.3, 0.4) is 0 Å². The van der Waals surface area contributed by atoms with E-state index in [1.54, 1.807) is 7.05 Å². The number of nitrogens with two attached hydrogens (primary N) is 1. The Hall–Kier alpha value is -1.70. The van der Waals surface area contributed by atoms with Gasteiger partial charge >= 0.3 is 0 Å². The number of likely N-dealkylation sites (N-methyl/N-ethyl adjacent to an activating group) is 1. The molecule has 7 heteroatoms. The van der Waals surface area contributed by atoms with Gasteiger partial charge in [0, 0.05) is 31.7 Å². The van der Waals surface area contributed by atoms with E-state index in [9.17, 15) is 13.2 Å². The van der Waals surface area contributed by atoms with Crippen molar-refractivity contribution in [3.8, 4) is 0 Å². The summed E-state index contributed by atoms with van der Waals surface area (Å²) in [5.41, 5.74) is 5.94. The maximum absolute atomic E-state index is 12.2. The van der Waals surface area contributed by atoms with Crippen LogP contribution in [0.4, 0.5) is 0 Å². The minimum absolute atomic E-state index is 0.0878. The molecule has 0 saturated heterocycles. The van der Waals surface area contributed by atoms with Crippen LogP contribution in [0.1, 0.15) is 17.3 Å². The molecule has 0 aliphatic heterocycles. The van der Waals surface area contributed by atoms with Crippen LogP contribution in [0.2, 0.25) is 0 Å². The lowest BCUT2D eigenvalue weighted by molar-refractivity contribution is 0.0748. The summed E-state index contributed by atoms with van der Waals surface area (Å²) >= 11 is 0. The van der Waals surface area contributed by atoms with E-state index in [4.69, 9.17) is 5.73 Å². The number of sulfonamides is 1. The van der Waals surface area contributed by atoms with Gasteiger partial charge in [-0.15, -0.1) is 6.58 Å². The van der Waals surface area contributed by atoms with E-state index in [0.717, 1.165) is 0 Å². The van der Waals surface area contributed by atoms with Crippen molar-refractivity contribution in [1.82, 2.24) is 9.62 Å². The number of rotatable bonds is 7. The molecule has 0 bridgehead atoms. The van der Waals surface area contributed by atoms with E-state index >= 15 is 0 Å². The van der Waals surface area contributed by atoms with Gasteiger partial charge in [-0.1, -0.05) is 6.08 Å². The summed E-state index contributed by atoms with van der Waals surface area (Å²) in [4.78, 5) is 13.8. The zero-order valence-corrected chi connectivity index (χ0v) is 13.1. The molecule has 3 N–H and O–H groups in total. The first-order valence-corrected chi connectivity index (χ1v) is 7.99. The molecule has 0 aromatic heterocycles. The van der Waals surface area contributed by atoms with E-state index in [2.05, 4.69) is 11.3 Å². The lowest BCUT2D eigenvalue weighted by Crippen LogP contribution is -2.39. The lowest BCUT2D eigenvalue weighted by atomic mass is 10.2. The van der Waals surface area contributed by atoms with Crippen LogP contribution >= 0.6 is 0 Å². The third-order valence-electron chi connectivity index (χ3n) is 3.15. The molecule has 6 nitrogen and oxygen atoms in total. The van der Waals surface area contributed by atoms with E-state index in [1.807, 2.05) is 6.92 Å². The van der Waals surface area contributed by atoms with Gasteiger partial charge in [0.15, 0.2) is 0 Å². The molecule has 1 aromatic carbocycles. The fraction of sp³-hybridized carbons (Fsp3) is 0.357. The fourth-order valence-electron chi connectivity index (χ4n) is 1.59. The Balaban J connectivity index is 2.92. The summed E-state index contributed by atoms with van der Waals surface area (Å²) < 4.78 is 26.1. The van der Waals surface area contributed by atoms with Crippen molar-refractivity contribution < 1.29 is 13.2 Å². The number of hydrogen-bond donors (Lipinski definition) is 2. The van der Waals surface area contributed by atoms with Crippen molar-refractivity contribution in [2.45, 2.75) is 17.9 Å². The normalized spacial score (nSPS) is 12.7. The zero-order valence-electron chi connectivity index (χ0n) is 12.2. The van der Waals surface area contributed by atoms with Gasteiger partial charge in [-0.25, -0.2) is 13.1 Å². The highest BCUT2D eigenvalue weighted by Crippen LogP contribution is 2.12. The van der Waals surface area contributed by atoms with Gasteiger partial charge < -0.3 is 10.6 Å². The van der Waals surface area contributed by atoms with Crippen molar-refractivity contribution in [2.75, 3.05) is 20.1 Å². The number of nitrogens with one attached hydrogen (secondary N) is 1. The monoisotopic (exact) mass is 311 g/mol. The van der Waals surface area contributed by atoms with Crippen LogP contribution in [0, 0.1) is 0 Å². The van der Waals surface area contributed by atoms with Gasteiger partial charge in [-0.2, -0.15) is 0 Å². The predicted octanol–water partition coefficient (Wildman–Crippen LogP) is 0.570. The van der Waals surface area contributed by atoms with Crippen molar-refractivity contribution in [3.63, 3.8) is 0 Å². The fourth-order valence-corrected chi connectivity index (χ4v) is 2.59. The summed E-state index contributed by atoms with van der Waals surface area (Å²) in [5, 5.41) is 0. The van der Waals surface area contributed by atoms with Gasteiger partial charge in [0.25, 0.3) is 5.91 Å². The molecular weight excluding hydrogens is 290 g/mol. The van der Waals surface area contributed by atoms with Gasteiger partial charge in [-0.3, -0.25) is 4.79 Å². The first-order chi connectivity index (χ1) is 9.83. The van der Waals surface area contributed by atoms with Crippen LogP contribution in [0.15, 0.2) is 41.8 Å². The molecule has 0 aliphatic rings. The Morgan fingerprint density at radius 3 is 2.48 bits per heavy atom. The topological polar surface area (TPSA) is 92.5 Å². The summed E-state index contributed by atoms with van der Waals surface area (Å²) in [6.07, 6.45) is 1.46. The van der Waals surface area contributed by atoms with Gasteiger partial charge in [0.2, 0.25) is 10.0 Å². The van der Waals surface area contributed by atoms with E-state index in [1.165, 1.54) is 35.2 Å². The van der Waals surface area contributed by atoms with Gasteiger partial charge in [-0.05, 0) is 31.2 Å². The number of carbonyl (C=O) groups is 1. The number of hydrogen-bond acceptors (Lipinski definition) is 4. The highest BCUT2D eigenvalue weighted by Gasteiger charge is 2.18. The molecule has 1 unspecified atom stereocenters. The lowest BCUT2D eigenvalue weighted by Gasteiger charge is -2.23. The summed E-state index contributed by atoms with van der Waals surface area (Å²) in [7, 11) is -1.91. The average molecular weight is 311 g/mol. The van der Waals surface area contributed by atoms with Crippen molar-refractivity contribution in [2.24, 2.45) is 5.73 Å². The zero-order chi connectivity index (χ0) is 16.0. The van der Waals surface area contributed by atoms with E-state index < -0.39 is 10.0 Å². The number of carbonyl (C=O) groups excluding carboxylic acids is 1. The second kappa shape index (κ2) is 7.35. The molecule has 21 heavy (non-hydrogen) atoms. The van der Waals surface area contributed by atoms with E-state index in [0.29, 0.717) is 12.1 Å².